The third-order valence-corrected chi connectivity index (χ3v) is 4.38. The number of Topliss-reactive ketones (excluding diaryl/α,β-unsaturated/α-hetero) is 1. The molecule has 0 aliphatic carbocycles. The van der Waals surface area contributed by atoms with Gasteiger partial charge >= 0.3 is 5.97 Å². The Balaban J connectivity index is 2.04. The summed E-state index contributed by atoms with van der Waals surface area (Å²) < 4.78 is 0.762. The summed E-state index contributed by atoms with van der Waals surface area (Å²) in [5.74, 6) is -0.879. The zero-order chi connectivity index (χ0) is 14.5. The van der Waals surface area contributed by atoms with Crippen molar-refractivity contribution in [2.75, 3.05) is 0 Å². The molecule has 1 N–H and O–H groups in total. The number of rotatable bonds is 6. The van der Waals surface area contributed by atoms with Gasteiger partial charge in [-0.1, -0.05) is 18.7 Å². The summed E-state index contributed by atoms with van der Waals surface area (Å²) in [7, 11) is 0. The summed E-state index contributed by atoms with van der Waals surface area (Å²) in [6.07, 6.45) is 2.00. The average molecular weight is 308 g/mol. The number of thiazole rings is 1. The standard InChI is InChI=1S/C13H12N2O3S2/c1-2-11(16)10-4-3-9(6-14-10)20-13-15-8(7-19-13)5-12(17)18/h3-4,6-7H,2,5H2,1H3,(H,17,18). The van der Waals surface area contributed by atoms with E-state index in [1.165, 1.54) is 23.1 Å². The molecule has 2 aromatic heterocycles. The summed E-state index contributed by atoms with van der Waals surface area (Å²) in [5.41, 5.74) is 1.01. The smallest absolute Gasteiger partial charge is 0.309 e. The summed E-state index contributed by atoms with van der Waals surface area (Å²) in [6.45, 7) is 1.80. The SMILES string of the molecule is CCC(=O)c1ccc(Sc2nc(CC(=O)O)cs2)cn1. The molecular weight excluding hydrogens is 296 g/mol. The van der Waals surface area contributed by atoms with Gasteiger partial charge in [0.15, 0.2) is 10.1 Å². The lowest BCUT2D eigenvalue weighted by atomic mass is 10.2. The third-order valence-electron chi connectivity index (χ3n) is 2.41. The van der Waals surface area contributed by atoms with Gasteiger partial charge in [0.1, 0.15) is 5.69 Å². The molecule has 0 saturated carbocycles. The van der Waals surface area contributed by atoms with Gasteiger partial charge in [0.2, 0.25) is 0 Å². The number of hydrogen-bond donors (Lipinski definition) is 1. The number of carboxylic acid groups (broad SMARTS) is 1. The van der Waals surface area contributed by atoms with Crippen molar-refractivity contribution in [3.8, 4) is 0 Å². The largest absolute Gasteiger partial charge is 0.481 e. The number of ketones is 1. The van der Waals surface area contributed by atoms with Crippen LogP contribution in [0.2, 0.25) is 0 Å². The van der Waals surface area contributed by atoms with Crippen LogP contribution in [-0.2, 0) is 11.2 Å². The van der Waals surface area contributed by atoms with E-state index in [1.807, 2.05) is 6.07 Å². The molecule has 0 bridgehead atoms. The van der Waals surface area contributed by atoms with Crippen LogP contribution < -0.4 is 0 Å². The van der Waals surface area contributed by atoms with Crippen LogP contribution in [-0.4, -0.2) is 26.8 Å². The Morgan fingerprint density at radius 2 is 2.20 bits per heavy atom. The monoisotopic (exact) mass is 308 g/mol. The van der Waals surface area contributed by atoms with Crippen LogP contribution >= 0.6 is 23.1 Å². The fourth-order valence-electron chi connectivity index (χ4n) is 1.46. The Bertz CT molecular complexity index is 623. The molecule has 0 spiro atoms. The lowest BCUT2D eigenvalue weighted by Gasteiger charge is -1.99. The van der Waals surface area contributed by atoms with Crippen LogP contribution in [0.3, 0.4) is 0 Å². The number of carbonyl (C=O) groups is 2. The van der Waals surface area contributed by atoms with E-state index in [0.29, 0.717) is 17.8 Å². The first-order chi connectivity index (χ1) is 9.58. The van der Waals surface area contributed by atoms with E-state index in [2.05, 4.69) is 9.97 Å². The van der Waals surface area contributed by atoms with Crippen molar-refractivity contribution >= 4 is 34.9 Å². The lowest BCUT2D eigenvalue weighted by Crippen LogP contribution is -2.00. The number of carbonyl (C=O) groups excluding carboxylic acids is 1. The molecule has 0 radical (unpaired) electrons. The molecule has 0 aliphatic heterocycles. The van der Waals surface area contributed by atoms with E-state index in [1.54, 1.807) is 24.6 Å². The van der Waals surface area contributed by atoms with Gasteiger partial charge in [0.05, 0.1) is 12.1 Å². The topological polar surface area (TPSA) is 80.2 Å². The molecule has 2 heterocycles. The van der Waals surface area contributed by atoms with Gasteiger partial charge in [-0.2, -0.15) is 0 Å². The summed E-state index contributed by atoms with van der Waals surface area (Å²) in [5, 5.41) is 10.4. The van der Waals surface area contributed by atoms with Crippen LogP contribution in [0.5, 0.6) is 0 Å². The van der Waals surface area contributed by atoms with Gasteiger partial charge in [0, 0.05) is 22.9 Å². The second-order valence-electron chi connectivity index (χ2n) is 3.93. The third kappa shape index (κ3) is 3.88. The van der Waals surface area contributed by atoms with Gasteiger partial charge in [-0.15, -0.1) is 11.3 Å². The van der Waals surface area contributed by atoms with Gasteiger partial charge < -0.3 is 5.11 Å². The zero-order valence-corrected chi connectivity index (χ0v) is 12.3. The lowest BCUT2D eigenvalue weighted by molar-refractivity contribution is -0.136. The fraction of sp³-hybridized carbons (Fsp3) is 0.231. The number of aromatic nitrogens is 2. The van der Waals surface area contributed by atoms with E-state index in [0.717, 1.165) is 9.24 Å². The van der Waals surface area contributed by atoms with Gasteiger partial charge in [-0.3, -0.25) is 14.6 Å². The highest BCUT2D eigenvalue weighted by Gasteiger charge is 2.09. The van der Waals surface area contributed by atoms with Gasteiger partial charge in [0.25, 0.3) is 0 Å². The molecular formula is C13H12N2O3S2. The van der Waals surface area contributed by atoms with Crippen molar-refractivity contribution in [1.82, 2.24) is 9.97 Å². The Labute approximate surface area is 124 Å². The molecule has 5 nitrogen and oxygen atoms in total. The molecule has 0 atom stereocenters. The van der Waals surface area contributed by atoms with E-state index >= 15 is 0 Å². The molecule has 0 saturated heterocycles. The summed E-state index contributed by atoms with van der Waals surface area (Å²) in [6, 6.07) is 3.51. The molecule has 0 aliphatic rings. The van der Waals surface area contributed by atoms with Crippen molar-refractivity contribution in [2.45, 2.75) is 29.0 Å². The quantitative estimate of drug-likeness (QED) is 0.826. The van der Waals surface area contributed by atoms with Crippen molar-refractivity contribution in [2.24, 2.45) is 0 Å². The van der Waals surface area contributed by atoms with Crippen molar-refractivity contribution in [3.63, 3.8) is 0 Å². The molecule has 0 amide bonds. The number of nitrogens with zero attached hydrogens (tertiary/aromatic N) is 2. The molecule has 20 heavy (non-hydrogen) atoms. The second-order valence-corrected chi connectivity index (χ2v) is 6.11. The Hall–Kier alpha value is -1.73. The van der Waals surface area contributed by atoms with E-state index in [4.69, 9.17) is 5.11 Å². The minimum atomic E-state index is -0.893. The highest BCUT2D eigenvalue weighted by Crippen LogP contribution is 2.30. The molecule has 0 aromatic carbocycles. The molecule has 0 fully saturated rings. The average Bonchev–Trinajstić information content (AvgIpc) is 2.85. The number of pyridine rings is 1. The maximum absolute atomic E-state index is 11.5. The van der Waals surface area contributed by atoms with E-state index < -0.39 is 5.97 Å². The van der Waals surface area contributed by atoms with Gasteiger partial charge in [-0.05, 0) is 12.1 Å². The number of aliphatic carboxylic acids is 1. The summed E-state index contributed by atoms with van der Waals surface area (Å²) in [4.78, 5) is 31.2. The minimum absolute atomic E-state index is 0.0135. The molecule has 104 valence electrons. The molecule has 7 heteroatoms. The molecule has 2 rings (SSSR count). The first-order valence-corrected chi connectivity index (χ1v) is 7.61. The maximum Gasteiger partial charge on any atom is 0.309 e. The van der Waals surface area contributed by atoms with Crippen LogP contribution in [0.1, 0.15) is 29.5 Å². The normalized spacial score (nSPS) is 10.4. The maximum atomic E-state index is 11.5. The zero-order valence-electron chi connectivity index (χ0n) is 10.7. The minimum Gasteiger partial charge on any atom is -0.481 e. The van der Waals surface area contributed by atoms with Crippen LogP contribution in [0.15, 0.2) is 32.9 Å². The first kappa shape index (κ1) is 14.7. The van der Waals surface area contributed by atoms with E-state index in [9.17, 15) is 9.59 Å². The van der Waals surface area contributed by atoms with Crippen LogP contribution in [0.4, 0.5) is 0 Å². The van der Waals surface area contributed by atoms with Crippen LogP contribution in [0.25, 0.3) is 0 Å². The summed E-state index contributed by atoms with van der Waals surface area (Å²) >= 11 is 2.80. The fourth-order valence-corrected chi connectivity index (χ4v) is 3.23. The van der Waals surface area contributed by atoms with Crippen LogP contribution in [0, 0.1) is 0 Å². The Kier molecular flexibility index (Phi) is 4.86. The number of hydrogen-bond acceptors (Lipinski definition) is 6. The number of carboxylic acids is 1. The van der Waals surface area contributed by atoms with Crippen molar-refractivity contribution < 1.29 is 14.7 Å². The Morgan fingerprint density at radius 1 is 1.40 bits per heavy atom. The first-order valence-electron chi connectivity index (χ1n) is 5.91. The van der Waals surface area contributed by atoms with Gasteiger partial charge in [-0.25, -0.2) is 4.98 Å². The highest BCUT2D eigenvalue weighted by molar-refractivity contribution is 8.01. The van der Waals surface area contributed by atoms with E-state index in [-0.39, 0.29) is 12.2 Å². The molecule has 2 aromatic rings. The predicted octanol–water partition coefficient (Wildman–Crippen LogP) is 2.91. The Morgan fingerprint density at radius 3 is 2.80 bits per heavy atom. The second kappa shape index (κ2) is 6.62. The van der Waals surface area contributed by atoms with Crippen molar-refractivity contribution in [3.05, 3.63) is 35.1 Å². The highest BCUT2D eigenvalue weighted by atomic mass is 32.2. The predicted molar refractivity (Wildman–Crippen MR) is 76.4 cm³/mol. The van der Waals surface area contributed by atoms with Crippen molar-refractivity contribution in [1.29, 1.82) is 0 Å². The molecule has 0 unspecified atom stereocenters.